The van der Waals surface area contributed by atoms with Gasteiger partial charge in [0.1, 0.15) is 6.54 Å². The predicted octanol–water partition coefficient (Wildman–Crippen LogP) is 1.85. The van der Waals surface area contributed by atoms with E-state index < -0.39 is 0 Å². The molecule has 1 aliphatic rings. The summed E-state index contributed by atoms with van der Waals surface area (Å²) in [6.07, 6.45) is 8.46. The number of allylic oxidation sites excluding steroid dienone is 1. The molecule has 1 heterocycles. The van der Waals surface area contributed by atoms with E-state index in [1.54, 1.807) is 18.3 Å². The van der Waals surface area contributed by atoms with Crippen LogP contribution >= 0.6 is 0 Å². The summed E-state index contributed by atoms with van der Waals surface area (Å²) in [4.78, 5) is 23.4. The smallest absolute Gasteiger partial charge is 0.250 e. The van der Waals surface area contributed by atoms with Crippen LogP contribution in [0.15, 0.2) is 40.8 Å². The monoisotopic (exact) mass is 260 g/mol. The van der Waals surface area contributed by atoms with Crippen LogP contribution in [0.4, 0.5) is 0 Å². The van der Waals surface area contributed by atoms with Crippen LogP contribution in [0, 0.1) is 0 Å². The largest absolute Gasteiger partial charge is 0.348 e. The summed E-state index contributed by atoms with van der Waals surface area (Å²) in [5.74, 6) is -0.118. The Hall–Kier alpha value is -1.84. The van der Waals surface area contributed by atoms with Gasteiger partial charge in [-0.05, 0) is 38.7 Å². The van der Waals surface area contributed by atoms with Crippen LogP contribution in [0.3, 0.4) is 0 Å². The van der Waals surface area contributed by atoms with E-state index in [2.05, 4.69) is 11.4 Å². The molecule has 1 aromatic heterocycles. The molecule has 0 bridgehead atoms. The third kappa shape index (κ3) is 3.81. The maximum atomic E-state index is 11.9. The van der Waals surface area contributed by atoms with Crippen molar-refractivity contribution in [2.24, 2.45) is 0 Å². The molecule has 1 N–H and O–H groups in total. The van der Waals surface area contributed by atoms with Crippen molar-refractivity contribution in [1.29, 1.82) is 0 Å². The Balaban J connectivity index is 1.92. The first-order chi connectivity index (χ1) is 9.16. The molecule has 1 atom stereocenters. The highest BCUT2D eigenvalue weighted by molar-refractivity contribution is 5.76. The summed E-state index contributed by atoms with van der Waals surface area (Å²) in [5.41, 5.74) is 1.15. The third-order valence-corrected chi connectivity index (χ3v) is 3.47. The maximum absolute atomic E-state index is 11.9. The van der Waals surface area contributed by atoms with Crippen molar-refractivity contribution in [3.05, 3.63) is 46.4 Å². The van der Waals surface area contributed by atoms with Crippen LogP contribution in [0.1, 0.15) is 32.6 Å². The van der Waals surface area contributed by atoms with Crippen molar-refractivity contribution in [2.75, 3.05) is 0 Å². The number of nitrogens with zero attached hydrogens (tertiary/aromatic N) is 1. The van der Waals surface area contributed by atoms with Crippen LogP contribution in [-0.2, 0) is 11.3 Å². The molecule has 1 aliphatic carbocycles. The van der Waals surface area contributed by atoms with Crippen LogP contribution in [0.25, 0.3) is 0 Å². The Labute approximate surface area is 113 Å². The number of hydrogen-bond acceptors (Lipinski definition) is 2. The van der Waals surface area contributed by atoms with E-state index in [0.29, 0.717) is 0 Å². The molecular weight excluding hydrogens is 240 g/mol. The Kier molecular flexibility index (Phi) is 4.55. The molecule has 0 saturated heterocycles. The van der Waals surface area contributed by atoms with E-state index in [4.69, 9.17) is 0 Å². The average Bonchev–Trinajstić information content (AvgIpc) is 2.42. The molecule has 1 amide bonds. The number of hydrogen-bond donors (Lipinski definition) is 1. The Morgan fingerprint density at radius 2 is 2.26 bits per heavy atom. The lowest BCUT2D eigenvalue weighted by Gasteiger charge is -2.21. The second-order valence-electron chi connectivity index (χ2n) is 4.98. The molecule has 0 radical (unpaired) electrons. The molecule has 0 unspecified atom stereocenters. The number of nitrogens with one attached hydrogen (secondary N) is 1. The minimum atomic E-state index is -0.151. The summed E-state index contributed by atoms with van der Waals surface area (Å²) < 4.78 is 1.41. The molecule has 1 aromatic rings. The number of rotatable bonds is 4. The van der Waals surface area contributed by atoms with Crippen molar-refractivity contribution < 1.29 is 4.79 Å². The SMILES string of the molecule is C[C@@H](NC(=O)Cn1ccccc1=O)C1=CCCCC1. The van der Waals surface area contributed by atoms with Crippen LogP contribution in [0.2, 0.25) is 0 Å². The first kappa shape index (κ1) is 13.6. The van der Waals surface area contributed by atoms with E-state index in [1.165, 1.54) is 29.0 Å². The summed E-state index contributed by atoms with van der Waals surface area (Å²) >= 11 is 0. The number of amides is 1. The normalized spacial score (nSPS) is 16.6. The summed E-state index contributed by atoms with van der Waals surface area (Å²) in [5, 5.41) is 2.96. The van der Waals surface area contributed by atoms with Gasteiger partial charge in [0.15, 0.2) is 0 Å². The van der Waals surface area contributed by atoms with Gasteiger partial charge in [-0.2, -0.15) is 0 Å². The van der Waals surface area contributed by atoms with E-state index in [0.717, 1.165) is 12.8 Å². The molecule has 0 spiro atoms. The predicted molar refractivity (Wildman–Crippen MR) is 74.9 cm³/mol. The lowest BCUT2D eigenvalue weighted by molar-refractivity contribution is -0.122. The van der Waals surface area contributed by atoms with Gasteiger partial charge in [-0.3, -0.25) is 9.59 Å². The molecule has 2 rings (SSSR count). The van der Waals surface area contributed by atoms with Gasteiger partial charge in [0, 0.05) is 18.3 Å². The van der Waals surface area contributed by atoms with Gasteiger partial charge in [0.05, 0.1) is 0 Å². The molecule has 4 nitrogen and oxygen atoms in total. The zero-order valence-electron chi connectivity index (χ0n) is 11.3. The molecule has 0 aliphatic heterocycles. The lowest BCUT2D eigenvalue weighted by atomic mass is 9.95. The third-order valence-electron chi connectivity index (χ3n) is 3.47. The fraction of sp³-hybridized carbons (Fsp3) is 0.467. The zero-order valence-corrected chi connectivity index (χ0v) is 11.3. The highest BCUT2D eigenvalue weighted by Gasteiger charge is 2.14. The molecule has 0 aromatic carbocycles. The van der Waals surface area contributed by atoms with Crippen LogP contribution < -0.4 is 10.9 Å². The minimum Gasteiger partial charge on any atom is -0.348 e. The number of pyridine rings is 1. The van der Waals surface area contributed by atoms with Gasteiger partial charge in [-0.1, -0.05) is 17.7 Å². The molecule has 4 heteroatoms. The van der Waals surface area contributed by atoms with E-state index >= 15 is 0 Å². The minimum absolute atomic E-state index is 0.0622. The van der Waals surface area contributed by atoms with Crippen molar-refractivity contribution in [3.8, 4) is 0 Å². The molecular formula is C15H20N2O2. The van der Waals surface area contributed by atoms with Gasteiger partial charge in [-0.25, -0.2) is 0 Å². The van der Waals surface area contributed by atoms with E-state index in [1.807, 2.05) is 6.92 Å². The van der Waals surface area contributed by atoms with Gasteiger partial charge < -0.3 is 9.88 Å². The van der Waals surface area contributed by atoms with Crippen LogP contribution in [0.5, 0.6) is 0 Å². The highest BCUT2D eigenvalue weighted by atomic mass is 16.2. The topological polar surface area (TPSA) is 51.1 Å². The summed E-state index contributed by atoms with van der Waals surface area (Å²) in [6, 6.07) is 4.95. The fourth-order valence-electron chi connectivity index (χ4n) is 2.38. The van der Waals surface area contributed by atoms with Crippen molar-refractivity contribution >= 4 is 5.91 Å². The Morgan fingerprint density at radius 3 is 2.95 bits per heavy atom. The highest BCUT2D eigenvalue weighted by Crippen LogP contribution is 2.19. The first-order valence-corrected chi connectivity index (χ1v) is 6.80. The van der Waals surface area contributed by atoms with Gasteiger partial charge in [-0.15, -0.1) is 0 Å². The van der Waals surface area contributed by atoms with E-state index in [-0.39, 0.29) is 24.1 Å². The fourth-order valence-corrected chi connectivity index (χ4v) is 2.38. The number of carbonyl (C=O) groups is 1. The maximum Gasteiger partial charge on any atom is 0.250 e. The van der Waals surface area contributed by atoms with Crippen molar-refractivity contribution in [2.45, 2.75) is 45.2 Å². The molecule has 0 fully saturated rings. The summed E-state index contributed by atoms with van der Waals surface area (Å²) in [6.45, 7) is 2.08. The van der Waals surface area contributed by atoms with Crippen molar-refractivity contribution in [1.82, 2.24) is 9.88 Å². The lowest BCUT2D eigenvalue weighted by Crippen LogP contribution is -2.38. The second-order valence-corrected chi connectivity index (χ2v) is 4.98. The molecule has 102 valence electrons. The summed E-state index contributed by atoms with van der Waals surface area (Å²) in [7, 11) is 0. The number of carbonyl (C=O) groups excluding carboxylic acids is 1. The second kappa shape index (κ2) is 6.36. The molecule has 19 heavy (non-hydrogen) atoms. The standard InChI is InChI=1S/C15H20N2O2/c1-12(13-7-3-2-4-8-13)16-14(18)11-17-10-6-5-9-15(17)19/h5-7,9-10,12H,2-4,8,11H2,1H3,(H,16,18)/t12-/m1/s1. The quantitative estimate of drug-likeness (QED) is 0.840. The van der Waals surface area contributed by atoms with Gasteiger partial charge >= 0.3 is 0 Å². The zero-order chi connectivity index (χ0) is 13.7. The number of aromatic nitrogens is 1. The van der Waals surface area contributed by atoms with Gasteiger partial charge in [0.2, 0.25) is 5.91 Å². The van der Waals surface area contributed by atoms with E-state index in [9.17, 15) is 9.59 Å². The van der Waals surface area contributed by atoms with Crippen LogP contribution in [-0.4, -0.2) is 16.5 Å². The Morgan fingerprint density at radius 1 is 1.42 bits per heavy atom. The molecule has 0 saturated carbocycles. The average molecular weight is 260 g/mol. The Bertz CT molecular complexity index is 531. The van der Waals surface area contributed by atoms with Gasteiger partial charge in [0.25, 0.3) is 5.56 Å². The first-order valence-electron chi connectivity index (χ1n) is 6.80. The van der Waals surface area contributed by atoms with Crippen molar-refractivity contribution in [3.63, 3.8) is 0 Å².